The molecule has 0 aromatic heterocycles. The van der Waals surface area contributed by atoms with Gasteiger partial charge in [-0.15, -0.1) is 0 Å². The molecule has 1 saturated heterocycles. The number of morpholine rings is 1. The Kier molecular flexibility index (Phi) is 4.89. The van der Waals surface area contributed by atoms with E-state index in [1.807, 2.05) is 30.3 Å². The summed E-state index contributed by atoms with van der Waals surface area (Å²) in [7, 11) is 0. The van der Waals surface area contributed by atoms with E-state index in [0.29, 0.717) is 18.5 Å². The lowest BCUT2D eigenvalue weighted by Crippen LogP contribution is -2.44. The number of hydrogen-bond donors (Lipinski definition) is 1. The zero-order valence-corrected chi connectivity index (χ0v) is 15.9. The summed E-state index contributed by atoms with van der Waals surface area (Å²) in [5.41, 5.74) is 3.56. The number of rotatable bonds is 3. The Morgan fingerprint density at radius 3 is 2.52 bits per heavy atom. The second-order valence-electron chi connectivity index (χ2n) is 7.63. The maximum Gasteiger partial charge on any atom is 0.258 e. The van der Waals surface area contributed by atoms with Crippen LogP contribution in [0.5, 0.6) is 5.75 Å². The van der Waals surface area contributed by atoms with Crippen LogP contribution in [0.2, 0.25) is 0 Å². The average Bonchev–Trinajstić information content (AvgIpc) is 3.06. The van der Waals surface area contributed by atoms with Crippen LogP contribution in [0, 0.1) is 0 Å². The molecular weight excluding hydrogens is 340 g/mol. The number of anilines is 1. The summed E-state index contributed by atoms with van der Waals surface area (Å²) in [5.74, 6) is 0.256. The number of nitrogens with zero attached hydrogens (tertiary/aromatic N) is 2. The summed E-state index contributed by atoms with van der Waals surface area (Å²) >= 11 is 0. The Labute approximate surface area is 160 Å². The van der Waals surface area contributed by atoms with E-state index in [2.05, 4.69) is 18.7 Å². The molecule has 2 unspecified atom stereocenters. The number of ether oxygens (including phenoxy) is 1. The fourth-order valence-electron chi connectivity index (χ4n) is 4.21. The molecule has 1 fully saturated rings. The smallest absolute Gasteiger partial charge is 0.258 e. The molecule has 5 heteroatoms. The summed E-state index contributed by atoms with van der Waals surface area (Å²) < 4.78 is 5.79. The molecule has 2 aromatic carbocycles. The molecule has 2 atom stereocenters. The van der Waals surface area contributed by atoms with Crippen molar-refractivity contribution in [3.8, 4) is 5.75 Å². The summed E-state index contributed by atoms with van der Waals surface area (Å²) in [5, 5.41) is 9.98. The van der Waals surface area contributed by atoms with Gasteiger partial charge in [-0.05, 0) is 50.1 Å². The topological polar surface area (TPSA) is 53.0 Å². The lowest BCUT2D eigenvalue weighted by Gasteiger charge is -2.35. The molecule has 0 saturated carbocycles. The molecule has 1 N–H and O–H groups in total. The van der Waals surface area contributed by atoms with E-state index in [1.54, 1.807) is 17.0 Å². The van der Waals surface area contributed by atoms with Crippen molar-refractivity contribution in [2.45, 2.75) is 39.0 Å². The van der Waals surface area contributed by atoms with E-state index in [4.69, 9.17) is 4.74 Å². The highest BCUT2D eigenvalue weighted by Crippen LogP contribution is 2.35. The highest BCUT2D eigenvalue weighted by molar-refractivity contribution is 6.07. The molecule has 0 aliphatic carbocycles. The third-order valence-electron chi connectivity index (χ3n) is 5.35. The first-order valence-electron chi connectivity index (χ1n) is 9.60. The molecule has 142 valence electrons. The van der Waals surface area contributed by atoms with Gasteiger partial charge >= 0.3 is 0 Å². The molecule has 5 nitrogen and oxygen atoms in total. The SMILES string of the molecule is CC1CN(Cc2ccc(C(=O)N3CCc4c(O)cccc43)cc2)CC(C)O1. The first-order chi connectivity index (χ1) is 13.0. The van der Waals surface area contributed by atoms with Crippen molar-refractivity contribution >= 4 is 11.6 Å². The lowest BCUT2D eigenvalue weighted by molar-refractivity contribution is -0.0704. The molecule has 0 spiro atoms. The largest absolute Gasteiger partial charge is 0.508 e. The molecule has 0 bridgehead atoms. The highest BCUT2D eigenvalue weighted by Gasteiger charge is 2.27. The van der Waals surface area contributed by atoms with E-state index >= 15 is 0 Å². The van der Waals surface area contributed by atoms with Gasteiger partial charge in [-0.25, -0.2) is 0 Å². The fourth-order valence-corrected chi connectivity index (χ4v) is 4.21. The zero-order valence-electron chi connectivity index (χ0n) is 15.9. The Hall–Kier alpha value is -2.37. The van der Waals surface area contributed by atoms with Gasteiger partial charge in [0.05, 0.1) is 17.9 Å². The van der Waals surface area contributed by atoms with Crippen molar-refractivity contribution < 1.29 is 14.6 Å². The minimum Gasteiger partial charge on any atom is -0.508 e. The van der Waals surface area contributed by atoms with Crippen molar-refractivity contribution in [2.75, 3.05) is 24.5 Å². The maximum atomic E-state index is 12.9. The van der Waals surface area contributed by atoms with Crippen molar-refractivity contribution in [3.63, 3.8) is 0 Å². The molecule has 2 aliphatic heterocycles. The van der Waals surface area contributed by atoms with E-state index in [-0.39, 0.29) is 23.9 Å². The Morgan fingerprint density at radius 2 is 1.81 bits per heavy atom. The van der Waals surface area contributed by atoms with Gasteiger partial charge in [-0.3, -0.25) is 9.69 Å². The Bertz CT molecular complexity index is 824. The summed E-state index contributed by atoms with van der Waals surface area (Å²) in [4.78, 5) is 17.1. The summed E-state index contributed by atoms with van der Waals surface area (Å²) in [6.45, 7) is 7.55. The van der Waals surface area contributed by atoms with Crippen LogP contribution in [-0.2, 0) is 17.7 Å². The van der Waals surface area contributed by atoms with E-state index in [1.165, 1.54) is 5.56 Å². The summed E-state index contributed by atoms with van der Waals surface area (Å²) in [6, 6.07) is 13.3. The van der Waals surface area contributed by atoms with Gasteiger partial charge in [0, 0.05) is 37.3 Å². The standard InChI is InChI=1S/C22H26N2O3/c1-15-12-23(13-16(2)27-15)14-17-6-8-18(9-7-17)22(26)24-11-10-19-20(24)4-3-5-21(19)25/h3-9,15-16,25H,10-14H2,1-2H3. The van der Waals surface area contributed by atoms with Crippen LogP contribution < -0.4 is 4.90 Å². The van der Waals surface area contributed by atoms with Crippen LogP contribution in [0.25, 0.3) is 0 Å². The first-order valence-corrected chi connectivity index (χ1v) is 9.60. The summed E-state index contributed by atoms with van der Waals surface area (Å²) in [6.07, 6.45) is 1.20. The van der Waals surface area contributed by atoms with Gasteiger partial charge in [0.2, 0.25) is 0 Å². The number of fused-ring (bicyclic) bond motifs is 1. The van der Waals surface area contributed by atoms with Gasteiger partial charge in [-0.1, -0.05) is 18.2 Å². The van der Waals surface area contributed by atoms with E-state index in [0.717, 1.165) is 30.9 Å². The fraction of sp³-hybridized carbons (Fsp3) is 0.409. The zero-order chi connectivity index (χ0) is 19.0. The normalized spacial score (nSPS) is 22.7. The molecule has 4 rings (SSSR count). The van der Waals surface area contributed by atoms with Crippen LogP contribution >= 0.6 is 0 Å². The third-order valence-corrected chi connectivity index (χ3v) is 5.35. The monoisotopic (exact) mass is 366 g/mol. The van der Waals surface area contributed by atoms with Crippen molar-refractivity contribution in [3.05, 3.63) is 59.2 Å². The lowest BCUT2D eigenvalue weighted by atomic mass is 10.1. The predicted octanol–water partition coefficient (Wildman–Crippen LogP) is 3.20. The minimum atomic E-state index is -0.0143. The molecule has 2 aliphatic rings. The van der Waals surface area contributed by atoms with Crippen molar-refractivity contribution in [2.24, 2.45) is 0 Å². The predicted molar refractivity (Wildman–Crippen MR) is 105 cm³/mol. The Balaban J connectivity index is 1.45. The molecule has 2 aromatic rings. The van der Waals surface area contributed by atoms with Crippen molar-refractivity contribution in [1.82, 2.24) is 4.90 Å². The highest BCUT2D eigenvalue weighted by atomic mass is 16.5. The number of amides is 1. The van der Waals surface area contributed by atoms with Gasteiger partial charge in [0.15, 0.2) is 0 Å². The van der Waals surface area contributed by atoms with Crippen LogP contribution in [-0.4, -0.2) is 47.8 Å². The molecule has 2 heterocycles. The number of hydrogen-bond acceptors (Lipinski definition) is 4. The number of phenols is 1. The quantitative estimate of drug-likeness (QED) is 0.906. The second-order valence-corrected chi connectivity index (χ2v) is 7.63. The van der Waals surface area contributed by atoms with Crippen molar-refractivity contribution in [1.29, 1.82) is 0 Å². The first kappa shape index (κ1) is 18.0. The number of benzene rings is 2. The number of phenolic OH excluding ortho intramolecular Hbond substituents is 1. The average molecular weight is 366 g/mol. The van der Waals surface area contributed by atoms with Gasteiger partial charge < -0.3 is 14.7 Å². The number of carbonyl (C=O) groups excluding carboxylic acids is 1. The van der Waals surface area contributed by atoms with Gasteiger partial charge in [0.1, 0.15) is 5.75 Å². The molecule has 0 radical (unpaired) electrons. The van der Waals surface area contributed by atoms with E-state index < -0.39 is 0 Å². The van der Waals surface area contributed by atoms with Gasteiger partial charge in [-0.2, -0.15) is 0 Å². The molecule has 27 heavy (non-hydrogen) atoms. The van der Waals surface area contributed by atoms with Crippen LogP contribution in [0.15, 0.2) is 42.5 Å². The van der Waals surface area contributed by atoms with Crippen LogP contribution in [0.1, 0.15) is 35.3 Å². The maximum absolute atomic E-state index is 12.9. The van der Waals surface area contributed by atoms with Gasteiger partial charge in [0.25, 0.3) is 5.91 Å². The minimum absolute atomic E-state index is 0.0143. The van der Waals surface area contributed by atoms with Crippen LogP contribution in [0.4, 0.5) is 5.69 Å². The van der Waals surface area contributed by atoms with E-state index in [9.17, 15) is 9.90 Å². The molecular formula is C22H26N2O3. The van der Waals surface area contributed by atoms with Crippen LogP contribution in [0.3, 0.4) is 0 Å². The third kappa shape index (κ3) is 3.70. The molecule has 1 amide bonds. The second kappa shape index (κ2) is 7.33. The Morgan fingerprint density at radius 1 is 1.11 bits per heavy atom. The number of aromatic hydroxyl groups is 1. The number of carbonyl (C=O) groups is 1.